The van der Waals surface area contributed by atoms with E-state index in [2.05, 4.69) is 18.8 Å². The van der Waals surface area contributed by atoms with Crippen LogP contribution in [0.2, 0.25) is 0 Å². The van der Waals surface area contributed by atoms with Gasteiger partial charge in [-0.05, 0) is 41.5 Å². The van der Waals surface area contributed by atoms with Crippen LogP contribution >= 0.6 is 11.8 Å². The number of amidine groups is 1. The molecule has 0 radical (unpaired) electrons. The number of hydrogen-bond acceptors (Lipinski definition) is 4. The average molecular weight is 304 g/mol. The summed E-state index contributed by atoms with van der Waals surface area (Å²) in [4.78, 5) is 18.4. The fourth-order valence-electron chi connectivity index (χ4n) is 1.82. The molecule has 2 rings (SSSR count). The monoisotopic (exact) mass is 304 g/mol. The van der Waals surface area contributed by atoms with Crippen molar-refractivity contribution in [2.24, 2.45) is 10.9 Å². The van der Waals surface area contributed by atoms with Gasteiger partial charge in [0, 0.05) is 14.1 Å². The predicted octanol–water partition coefficient (Wildman–Crippen LogP) is 3.25. The summed E-state index contributed by atoms with van der Waals surface area (Å²) in [5, 5.41) is 0.725. The lowest BCUT2D eigenvalue weighted by Gasteiger charge is -2.08. The molecule has 0 spiro atoms. The van der Waals surface area contributed by atoms with Gasteiger partial charge in [-0.3, -0.25) is 14.7 Å². The fraction of sp³-hybridized carbons (Fsp3) is 0.375. The second-order valence-electron chi connectivity index (χ2n) is 5.25. The molecule has 0 aromatic heterocycles. The first kappa shape index (κ1) is 15.6. The van der Waals surface area contributed by atoms with Crippen LogP contribution in [-0.4, -0.2) is 36.7 Å². The Morgan fingerprint density at radius 3 is 2.52 bits per heavy atom. The molecule has 1 aliphatic heterocycles. The summed E-state index contributed by atoms with van der Waals surface area (Å²) in [6.07, 6.45) is 1.88. The van der Waals surface area contributed by atoms with Crippen molar-refractivity contribution in [2.75, 3.05) is 20.7 Å². The number of aliphatic imine (C=N–C) groups is 1. The largest absolute Gasteiger partial charge is 0.493 e. The van der Waals surface area contributed by atoms with Crippen LogP contribution in [0.1, 0.15) is 19.4 Å². The maximum Gasteiger partial charge on any atom is 0.266 e. The second-order valence-corrected chi connectivity index (χ2v) is 6.26. The van der Waals surface area contributed by atoms with Gasteiger partial charge in [0.15, 0.2) is 5.17 Å². The summed E-state index contributed by atoms with van der Waals surface area (Å²) in [7, 11) is 3.43. The number of benzene rings is 1. The normalized spacial score (nSPS) is 19.1. The Bertz CT molecular complexity index is 576. The van der Waals surface area contributed by atoms with Gasteiger partial charge >= 0.3 is 0 Å². The number of hydrogen-bond donors (Lipinski definition) is 0. The first-order valence-electron chi connectivity index (χ1n) is 6.88. The van der Waals surface area contributed by atoms with Gasteiger partial charge in [-0.1, -0.05) is 26.0 Å². The molecule has 1 saturated heterocycles. The topological polar surface area (TPSA) is 41.9 Å². The minimum atomic E-state index is -0.0132. The molecule has 112 valence electrons. The quantitative estimate of drug-likeness (QED) is 0.802. The zero-order valence-corrected chi connectivity index (χ0v) is 13.6. The van der Waals surface area contributed by atoms with Crippen LogP contribution in [0.4, 0.5) is 0 Å². The van der Waals surface area contributed by atoms with E-state index in [9.17, 15) is 4.79 Å². The molecule has 5 heteroatoms. The molecule has 1 heterocycles. The van der Waals surface area contributed by atoms with Crippen molar-refractivity contribution in [2.45, 2.75) is 13.8 Å². The van der Waals surface area contributed by atoms with Crippen molar-refractivity contribution < 1.29 is 9.53 Å². The highest BCUT2D eigenvalue weighted by molar-refractivity contribution is 8.18. The first-order chi connectivity index (χ1) is 10.0. The van der Waals surface area contributed by atoms with Gasteiger partial charge < -0.3 is 4.74 Å². The Morgan fingerprint density at radius 2 is 2.00 bits per heavy atom. The molecule has 0 N–H and O–H groups in total. The Morgan fingerprint density at radius 1 is 1.33 bits per heavy atom. The van der Waals surface area contributed by atoms with E-state index in [1.807, 2.05) is 30.3 Å². The lowest BCUT2D eigenvalue weighted by molar-refractivity contribution is -0.121. The standard InChI is InChI=1S/C16H20N2O2S/c1-11(2)10-20-13-7-5-12(6-8-13)9-14-15(19)18(4)16(17-3)21-14/h5-9,11H,10H2,1-4H3/b14-9-,17-16?. The zero-order valence-electron chi connectivity index (χ0n) is 12.8. The van der Waals surface area contributed by atoms with E-state index >= 15 is 0 Å². The van der Waals surface area contributed by atoms with Crippen LogP contribution in [0.15, 0.2) is 34.2 Å². The van der Waals surface area contributed by atoms with Gasteiger partial charge in [0.05, 0.1) is 11.5 Å². The van der Waals surface area contributed by atoms with Gasteiger partial charge in [0.1, 0.15) is 5.75 Å². The van der Waals surface area contributed by atoms with E-state index in [1.54, 1.807) is 19.0 Å². The maximum atomic E-state index is 12.1. The Labute approximate surface area is 129 Å². The van der Waals surface area contributed by atoms with Gasteiger partial charge in [0.2, 0.25) is 0 Å². The molecule has 0 aliphatic carbocycles. The molecule has 0 saturated carbocycles. The Kier molecular flexibility index (Phi) is 5.07. The van der Waals surface area contributed by atoms with Crippen molar-refractivity contribution in [3.8, 4) is 5.75 Å². The zero-order chi connectivity index (χ0) is 15.4. The fourth-order valence-corrected chi connectivity index (χ4v) is 2.75. The highest BCUT2D eigenvalue weighted by Gasteiger charge is 2.29. The molecule has 4 nitrogen and oxygen atoms in total. The number of likely N-dealkylation sites (N-methyl/N-ethyl adjacent to an activating group) is 1. The number of carbonyl (C=O) groups excluding carboxylic acids is 1. The van der Waals surface area contributed by atoms with Crippen LogP contribution < -0.4 is 4.74 Å². The molecule has 1 aromatic carbocycles. The molecular weight excluding hydrogens is 284 g/mol. The van der Waals surface area contributed by atoms with E-state index in [0.717, 1.165) is 16.5 Å². The van der Waals surface area contributed by atoms with Gasteiger partial charge in [-0.2, -0.15) is 0 Å². The van der Waals surface area contributed by atoms with Crippen molar-refractivity contribution in [1.82, 2.24) is 4.90 Å². The molecule has 21 heavy (non-hydrogen) atoms. The molecule has 0 bridgehead atoms. The number of amides is 1. The molecule has 1 fully saturated rings. The van der Waals surface area contributed by atoms with Crippen LogP contribution in [0.25, 0.3) is 6.08 Å². The van der Waals surface area contributed by atoms with Crippen molar-refractivity contribution in [3.63, 3.8) is 0 Å². The number of rotatable bonds is 4. The molecular formula is C16H20N2O2S. The van der Waals surface area contributed by atoms with Gasteiger partial charge in [0.25, 0.3) is 5.91 Å². The average Bonchev–Trinajstić information content (AvgIpc) is 2.74. The van der Waals surface area contributed by atoms with Crippen LogP contribution in [0, 0.1) is 5.92 Å². The van der Waals surface area contributed by atoms with Crippen LogP contribution in [-0.2, 0) is 4.79 Å². The number of ether oxygens (including phenoxy) is 1. The summed E-state index contributed by atoms with van der Waals surface area (Å²) in [6.45, 7) is 4.94. The summed E-state index contributed by atoms with van der Waals surface area (Å²) in [5.41, 5.74) is 0.980. The maximum absolute atomic E-state index is 12.1. The third-order valence-corrected chi connectivity index (χ3v) is 4.11. The van der Waals surface area contributed by atoms with E-state index in [0.29, 0.717) is 17.4 Å². The minimum absolute atomic E-state index is 0.0132. The third-order valence-electron chi connectivity index (χ3n) is 2.96. The van der Waals surface area contributed by atoms with Crippen molar-refractivity contribution in [3.05, 3.63) is 34.7 Å². The van der Waals surface area contributed by atoms with E-state index < -0.39 is 0 Å². The van der Waals surface area contributed by atoms with Gasteiger partial charge in [-0.25, -0.2) is 0 Å². The number of nitrogens with zero attached hydrogens (tertiary/aromatic N) is 2. The van der Waals surface area contributed by atoms with Crippen molar-refractivity contribution >= 4 is 28.9 Å². The molecule has 1 aliphatic rings. The predicted molar refractivity (Wildman–Crippen MR) is 88.5 cm³/mol. The molecule has 0 atom stereocenters. The SMILES string of the molecule is CN=C1S/C(=C\c2ccc(OCC(C)C)cc2)C(=O)N1C. The highest BCUT2D eigenvalue weighted by Crippen LogP contribution is 2.31. The van der Waals surface area contributed by atoms with Crippen LogP contribution in [0.5, 0.6) is 5.75 Å². The van der Waals surface area contributed by atoms with E-state index in [-0.39, 0.29) is 5.91 Å². The highest BCUT2D eigenvalue weighted by atomic mass is 32.2. The summed E-state index contributed by atoms with van der Waals surface area (Å²) in [5.74, 6) is 1.34. The molecule has 0 unspecified atom stereocenters. The summed E-state index contributed by atoms with van der Waals surface area (Å²) < 4.78 is 5.64. The molecule has 1 aromatic rings. The minimum Gasteiger partial charge on any atom is -0.493 e. The molecule has 1 amide bonds. The second kappa shape index (κ2) is 6.80. The Balaban J connectivity index is 2.10. The lowest BCUT2D eigenvalue weighted by Crippen LogP contribution is -2.23. The summed E-state index contributed by atoms with van der Waals surface area (Å²) in [6, 6.07) is 7.77. The Hall–Kier alpha value is -1.75. The van der Waals surface area contributed by atoms with Gasteiger partial charge in [-0.15, -0.1) is 0 Å². The lowest BCUT2D eigenvalue weighted by atomic mass is 10.2. The smallest absolute Gasteiger partial charge is 0.266 e. The van der Waals surface area contributed by atoms with Crippen LogP contribution in [0.3, 0.4) is 0 Å². The first-order valence-corrected chi connectivity index (χ1v) is 7.70. The summed E-state index contributed by atoms with van der Waals surface area (Å²) >= 11 is 1.40. The number of thioether (sulfide) groups is 1. The van der Waals surface area contributed by atoms with E-state index in [1.165, 1.54) is 11.8 Å². The van der Waals surface area contributed by atoms with Crippen molar-refractivity contribution in [1.29, 1.82) is 0 Å². The van der Waals surface area contributed by atoms with E-state index in [4.69, 9.17) is 4.74 Å². The third kappa shape index (κ3) is 3.88. The number of carbonyl (C=O) groups is 1.